The molecule has 1 aliphatic rings. The molecule has 1 unspecified atom stereocenters. The van der Waals surface area contributed by atoms with Gasteiger partial charge in [-0.15, -0.1) is 11.3 Å². The maximum absolute atomic E-state index is 13.1. The monoisotopic (exact) mass is 518 g/mol. The minimum absolute atomic E-state index is 0.107. The van der Waals surface area contributed by atoms with Gasteiger partial charge in [0.15, 0.2) is 5.96 Å². The average Bonchev–Trinajstić information content (AvgIpc) is 3.55. The predicted molar refractivity (Wildman–Crippen MR) is 136 cm³/mol. The highest BCUT2D eigenvalue weighted by Gasteiger charge is 2.38. The van der Waals surface area contributed by atoms with Crippen molar-refractivity contribution < 1.29 is 14.4 Å². The Kier molecular flexibility index (Phi) is 8.98. The average molecular weight is 519 g/mol. The van der Waals surface area contributed by atoms with Gasteiger partial charge in [0.1, 0.15) is 28.3 Å². The number of carbonyl (C=O) groups is 3. The standard InChI is InChI=1S/C22H34N10O3S/c1-12-28-15(10-31(12)3)21(35)32-9-13(23)8-17(32)20-30-16(11-36-20)19(34)29-14(18(33)26-2)6-4-5-7-27-22(24)25/h10-11,13-14,17H,4-9,23H2,1-3H3,(H,26,33)(H,29,34)(H4,24,25,27)/t13-,14?,17+/m1/s1. The third-order valence-corrected chi connectivity index (χ3v) is 7.01. The zero-order valence-electron chi connectivity index (χ0n) is 20.7. The number of rotatable bonds is 10. The molecule has 0 aromatic carbocycles. The highest BCUT2D eigenvalue weighted by molar-refractivity contribution is 7.09. The molecule has 2 aromatic heterocycles. The largest absolute Gasteiger partial charge is 0.370 e. The Morgan fingerprint density at radius 1 is 1.28 bits per heavy atom. The van der Waals surface area contributed by atoms with Crippen molar-refractivity contribution in [3.05, 3.63) is 33.8 Å². The summed E-state index contributed by atoms with van der Waals surface area (Å²) in [5.41, 5.74) is 12.0. The molecule has 0 spiro atoms. The molecule has 1 fully saturated rings. The third kappa shape index (κ3) is 6.57. The molecule has 3 atom stereocenters. The first kappa shape index (κ1) is 27.1. The van der Waals surface area contributed by atoms with Crippen molar-refractivity contribution in [3.63, 3.8) is 0 Å². The minimum Gasteiger partial charge on any atom is -0.370 e. The number of imidazole rings is 1. The van der Waals surface area contributed by atoms with Crippen LogP contribution in [-0.2, 0) is 11.8 Å². The number of likely N-dealkylation sites (N-methyl/N-ethyl adjacent to an activating group) is 1. The highest BCUT2D eigenvalue weighted by atomic mass is 32.1. The van der Waals surface area contributed by atoms with Crippen LogP contribution in [0.4, 0.5) is 0 Å². The zero-order valence-corrected chi connectivity index (χ0v) is 21.5. The molecule has 0 aliphatic carbocycles. The lowest BCUT2D eigenvalue weighted by Gasteiger charge is -2.22. The molecule has 0 radical (unpaired) electrons. The predicted octanol–water partition coefficient (Wildman–Crippen LogP) is -0.403. The number of unbranched alkanes of at least 4 members (excludes halogenated alkanes) is 1. The molecule has 1 saturated heterocycles. The Balaban J connectivity index is 1.66. The van der Waals surface area contributed by atoms with Gasteiger partial charge in [-0.2, -0.15) is 0 Å². The molecule has 3 heterocycles. The number of aryl methyl sites for hydroxylation is 2. The zero-order chi connectivity index (χ0) is 26.4. The van der Waals surface area contributed by atoms with Gasteiger partial charge in [0, 0.05) is 44.8 Å². The van der Waals surface area contributed by atoms with Crippen LogP contribution in [-0.4, -0.2) is 75.3 Å². The second kappa shape index (κ2) is 11.9. The Labute approximate surface area is 213 Å². The number of nitrogens with one attached hydrogen (secondary N) is 4. The molecule has 13 nitrogen and oxygen atoms in total. The van der Waals surface area contributed by atoms with Gasteiger partial charge < -0.3 is 36.9 Å². The summed E-state index contributed by atoms with van der Waals surface area (Å²) in [5.74, 6) is -0.371. The lowest BCUT2D eigenvalue weighted by molar-refractivity contribution is -0.122. The highest BCUT2D eigenvalue weighted by Crippen LogP contribution is 2.34. The Morgan fingerprint density at radius 3 is 2.67 bits per heavy atom. The van der Waals surface area contributed by atoms with Gasteiger partial charge >= 0.3 is 0 Å². The third-order valence-electron chi connectivity index (χ3n) is 6.06. The Hall–Kier alpha value is -3.52. The van der Waals surface area contributed by atoms with E-state index in [0.717, 1.165) is 5.82 Å². The normalized spacial score (nSPS) is 18.1. The van der Waals surface area contributed by atoms with Gasteiger partial charge in [0.2, 0.25) is 5.91 Å². The molecule has 8 N–H and O–H groups in total. The van der Waals surface area contributed by atoms with E-state index in [-0.39, 0.29) is 35.6 Å². The maximum Gasteiger partial charge on any atom is 0.274 e. The fourth-order valence-electron chi connectivity index (χ4n) is 4.05. The molecule has 1 aliphatic heterocycles. The van der Waals surface area contributed by atoms with Crippen LogP contribution in [0, 0.1) is 12.3 Å². The fourth-order valence-corrected chi connectivity index (χ4v) is 4.98. The number of carbonyl (C=O) groups excluding carboxylic acids is 3. The van der Waals surface area contributed by atoms with Crippen LogP contribution < -0.4 is 27.4 Å². The van der Waals surface area contributed by atoms with Crippen molar-refractivity contribution in [2.75, 3.05) is 20.1 Å². The van der Waals surface area contributed by atoms with Crippen molar-refractivity contribution in [2.24, 2.45) is 18.5 Å². The lowest BCUT2D eigenvalue weighted by atomic mass is 10.1. The topological polar surface area (TPSA) is 197 Å². The number of likely N-dealkylation sites (tertiary alicyclic amines) is 1. The van der Waals surface area contributed by atoms with Crippen molar-refractivity contribution >= 4 is 35.0 Å². The summed E-state index contributed by atoms with van der Waals surface area (Å²) in [5, 5.41) is 17.4. The van der Waals surface area contributed by atoms with Crippen LogP contribution in [0.5, 0.6) is 0 Å². The van der Waals surface area contributed by atoms with Gasteiger partial charge in [-0.05, 0) is 32.6 Å². The Morgan fingerprint density at radius 2 is 2.03 bits per heavy atom. The summed E-state index contributed by atoms with van der Waals surface area (Å²) >= 11 is 1.28. The summed E-state index contributed by atoms with van der Waals surface area (Å²) in [7, 11) is 3.34. The van der Waals surface area contributed by atoms with E-state index >= 15 is 0 Å². The smallest absolute Gasteiger partial charge is 0.274 e. The summed E-state index contributed by atoms with van der Waals surface area (Å²) in [6, 6.07) is -1.29. The molecular weight excluding hydrogens is 484 g/mol. The van der Waals surface area contributed by atoms with Crippen molar-refractivity contribution in [1.29, 1.82) is 5.41 Å². The van der Waals surface area contributed by atoms with E-state index in [1.54, 1.807) is 21.0 Å². The molecule has 0 bridgehead atoms. The van der Waals surface area contributed by atoms with Crippen LogP contribution in [0.2, 0.25) is 0 Å². The van der Waals surface area contributed by atoms with Gasteiger partial charge in [-0.25, -0.2) is 9.97 Å². The number of amides is 3. The van der Waals surface area contributed by atoms with Crippen LogP contribution in [0.15, 0.2) is 11.6 Å². The molecular formula is C22H34N10O3S. The SMILES string of the molecule is CNC(=O)C(CCCCNC(=N)N)NC(=O)c1csc([C@@H]2C[C@@H](N)CN2C(=O)c2cn(C)c(C)n2)n1. The van der Waals surface area contributed by atoms with Crippen molar-refractivity contribution in [2.45, 2.75) is 50.7 Å². The Bertz CT molecular complexity index is 1090. The summed E-state index contributed by atoms with van der Waals surface area (Å²) in [6.07, 6.45) is 3.97. The second-order valence-electron chi connectivity index (χ2n) is 8.80. The van der Waals surface area contributed by atoms with Gasteiger partial charge in [-0.3, -0.25) is 19.8 Å². The van der Waals surface area contributed by atoms with Crippen LogP contribution in [0.25, 0.3) is 0 Å². The quantitative estimate of drug-likeness (QED) is 0.139. The summed E-state index contributed by atoms with van der Waals surface area (Å²) in [4.78, 5) is 48.8. The second-order valence-corrected chi connectivity index (χ2v) is 9.69. The molecule has 14 heteroatoms. The van der Waals surface area contributed by atoms with Crippen LogP contribution in [0.1, 0.15) is 63.5 Å². The molecule has 0 saturated carbocycles. The minimum atomic E-state index is -0.727. The molecule has 36 heavy (non-hydrogen) atoms. The van der Waals surface area contributed by atoms with E-state index in [9.17, 15) is 14.4 Å². The summed E-state index contributed by atoms with van der Waals surface area (Å²) < 4.78 is 1.78. The van der Waals surface area contributed by atoms with E-state index in [4.69, 9.17) is 16.9 Å². The van der Waals surface area contributed by atoms with E-state index in [0.29, 0.717) is 49.5 Å². The molecule has 3 amide bonds. The van der Waals surface area contributed by atoms with Gasteiger partial charge in [-0.1, -0.05) is 0 Å². The van der Waals surface area contributed by atoms with E-state index in [2.05, 4.69) is 25.9 Å². The van der Waals surface area contributed by atoms with Crippen molar-refractivity contribution in [1.82, 2.24) is 35.4 Å². The first-order chi connectivity index (χ1) is 17.1. The van der Waals surface area contributed by atoms with E-state index < -0.39 is 11.9 Å². The number of nitrogens with zero attached hydrogens (tertiary/aromatic N) is 4. The van der Waals surface area contributed by atoms with Crippen LogP contribution >= 0.6 is 11.3 Å². The van der Waals surface area contributed by atoms with Gasteiger partial charge in [0.05, 0.1) is 6.04 Å². The number of thiazole rings is 1. The number of hydrogen-bond acceptors (Lipinski definition) is 8. The van der Waals surface area contributed by atoms with E-state index in [1.807, 2.05) is 14.0 Å². The molecule has 2 aromatic rings. The first-order valence-corrected chi connectivity index (χ1v) is 12.6. The number of hydrogen-bond donors (Lipinski definition) is 6. The maximum atomic E-state index is 13.1. The molecule has 196 valence electrons. The van der Waals surface area contributed by atoms with Gasteiger partial charge in [0.25, 0.3) is 11.8 Å². The number of nitrogens with two attached hydrogens (primary N) is 2. The van der Waals surface area contributed by atoms with E-state index in [1.165, 1.54) is 18.4 Å². The fraction of sp³-hybridized carbons (Fsp3) is 0.545. The molecule has 3 rings (SSSR count). The van der Waals surface area contributed by atoms with Crippen LogP contribution in [0.3, 0.4) is 0 Å². The van der Waals surface area contributed by atoms with Crippen molar-refractivity contribution in [3.8, 4) is 0 Å². The summed E-state index contributed by atoms with van der Waals surface area (Å²) in [6.45, 7) is 2.71. The first-order valence-electron chi connectivity index (χ1n) is 11.7. The number of guanidine groups is 1. The lowest BCUT2D eigenvalue weighted by Crippen LogP contribution is -2.45. The number of aromatic nitrogens is 3.